The number of hydrogen-bond acceptors (Lipinski definition) is 7. The largest absolute Gasteiger partial charge is 0.487 e. The SMILES string of the molecule is Cc1cc(-n2ccnc2)c2cccc(OCc3c(Cl)cncc3CN(CC(O)CO)C(=O)C(C)C)c2n1. The van der Waals surface area contributed by atoms with Gasteiger partial charge in [0, 0.05) is 60.4 Å². The number of amides is 1. The first-order valence-electron chi connectivity index (χ1n) is 12.0. The molecule has 0 aliphatic rings. The second-order valence-electron chi connectivity index (χ2n) is 9.16. The normalized spacial score (nSPS) is 12.2. The molecule has 10 heteroatoms. The summed E-state index contributed by atoms with van der Waals surface area (Å²) in [6.07, 6.45) is 7.46. The van der Waals surface area contributed by atoms with Crippen molar-refractivity contribution < 1.29 is 19.7 Å². The van der Waals surface area contributed by atoms with E-state index in [1.807, 2.05) is 42.0 Å². The standard InChI is InChI=1S/C27H30ClN5O4/c1-17(2)27(36)33(13-20(35)14-34)12-19-10-30-11-23(28)22(19)15-37-25-6-4-5-21-24(32-8-7-29-16-32)9-18(3)31-26(21)25/h4-11,16-17,20,34-35H,12-15H2,1-3H3. The summed E-state index contributed by atoms with van der Waals surface area (Å²) in [4.78, 5) is 27.4. The molecule has 4 aromatic rings. The molecule has 0 bridgehead atoms. The number of imidazole rings is 1. The highest BCUT2D eigenvalue weighted by Crippen LogP contribution is 2.31. The summed E-state index contributed by atoms with van der Waals surface area (Å²) in [6, 6.07) is 7.74. The third-order valence-electron chi connectivity index (χ3n) is 5.97. The summed E-state index contributed by atoms with van der Waals surface area (Å²) >= 11 is 6.53. The van der Waals surface area contributed by atoms with E-state index in [0.717, 1.165) is 16.8 Å². The molecule has 1 atom stereocenters. The molecule has 3 heterocycles. The van der Waals surface area contributed by atoms with Gasteiger partial charge in [-0.1, -0.05) is 37.6 Å². The number of aromatic nitrogens is 4. The molecular formula is C27H30ClN5O4. The van der Waals surface area contributed by atoms with Gasteiger partial charge in [-0.05, 0) is 24.6 Å². The van der Waals surface area contributed by atoms with Crippen LogP contribution in [0.5, 0.6) is 5.75 Å². The van der Waals surface area contributed by atoms with Crippen molar-refractivity contribution in [1.82, 2.24) is 24.4 Å². The Bertz CT molecular complexity index is 1380. The third kappa shape index (κ3) is 6.07. The minimum absolute atomic E-state index is 0.0100. The lowest BCUT2D eigenvalue weighted by Gasteiger charge is -2.27. The van der Waals surface area contributed by atoms with Crippen molar-refractivity contribution in [2.45, 2.75) is 40.0 Å². The molecule has 0 aliphatic heterocycles. The zero-order valence-electron chi connectivity index (χ0n) is 21.0. The van der Waals surface area contributed by atoms with E-state index < -0.39 is 12.7 Å². The lowest BCUT2D eigenvalue weighted by molar-refractivity contribution is -0.137. The van der Waals surface area contributed by atoms with Crippen molar-refractivity contribution in [3.63, 3.8) is 0 Å². The van der Waals surface area contributed by atoms with E-state index in [4.69, 9.17) is 21.3 Å². The molecule has 0 fully saturated rings. The summed E-state index contributed by atoms with van der Waals surface area (Å²) in [5.41, 5.74) is 3.85. The van der Waals surface area contributed by atoms with Gasteiger partial charge in [-0.3, -0.25) is 9.78 Å². The number of halogens is 1. The highest BCUT2D eigenvalue weighted by molar-refractivity contribution is 6.31. The van der Waals surface area contributed by atoms with Crippen molar-refractivity contribution in [2.24, 2.45) is 5.92 Å². The molecule has 194 valence electrons. The molecule has 0 aliphatic carbocycles. The Labute approximate surface area is 220 Å². The van der Waals surface area contributed by atoms with Gasteiger partial charge in [0.05, 0.1) is 29.7 Å². The number of fused-ring (bicyclic) bond motifs is 1. The van der Waals surface area contributed by atoms with Crippen molar-refractivity contribution >= 4 is 28.4 Å². The predicted molar refractivity (Wildman–Crippen MR) is 141 cm³/mol. The zero-order valence-corrected chi connectivity index (χ0v) is 21.8. The fourth-order valence-corrected chi connectivity index (χ4v) is 4.36. The van der Waals surface area contributed by atoms with Crippen LogP contribution < -0.4 is 4.74 Å². The molecule has 1 amide bonds. The Morgan fingerprint density at radius 3 is 2.76 bits per heavy atom. The Balaban J connectivity index is 1.65. The van der Waals surface area contributed by atoms with Crippen LogP contribution in [-0.2, 0) is 17.9 Å². The number of aliphatic hydroxyl groups excluding tert-OH is 2. The molecule has 0 radical (unpaired) electrons. The van der Waals surface area contributed by atoms with Crippen molar-refractivity contribution in [3.8, 4) is 11.4 Å². The van der Waals surface area contributed by atoms with Gasteiger partial charge in [0.15, 0.2) is 0 Å². The summed E-state index contributed by atoms with van der Waals surface area (Å²) in [7, 11) is 0. The molecule has 9 nitrogen and oxygen atoms in total. The Morgan fingerprint density at radius 2 is 2.05 bits per heavy atom. The first kappa shape index (κ1) is 26.5. The average molecular weight is 524 g/mol. The van der Waals surface area contributed by atoms with Crippen LogP contribution in [0.15, 0.2) is 55.4 Å². The predicted octanol–water partition coefficient (Wildman–Crippen LogP) is 3.69. The molecule has 0 spiro atoms. The van der Waals surface area contributed by atoms with Crippen LogP contribution in [0.2, 0.25) is 5.02 Å². The molecule has 3 aromatic heterocycles. The molecule has 1 aromatic carbocycles. The van der Waals surface area contributed by atoms with Crippen LogP contribution in [0.4, 0.5) is 0 Å². The number of ether oxygens (including phenoxy) is 1. The third-order valence-corrected chi connectivity index (χ3v) is 6.29. The van der Waals surface area contributed by atoms with Gasteiger partial charge in [0.25, 0.3) is 0 Å². The van der Waals surface area contributed by atoms with Gasteiger partial charge >= 0.3 is 0 Å². The van der Waals surface area contributed by atoms with E-state index in [9.17, 15) is 15.0 Å². The number of hydrogen-bond donors (Lipinski definition) is 2. The van der Waals surface area contributed by atoms with Gasteiger partial charge in [-0.15, -0.1) is 0 Å². The van der Waals surface area contributed by atoms with E-state index in [1.165, 1.54) is 11.1 Å². The number of carbonyl (C=O) groups is 1. The number of benzene rings is 1. The maximum absolute atomic E-state index is 12.8. The van der Waals surface area contributed by atoms with Crippen LogP contribution >= 0.6 is 11.6 Å². The minimum Gasteiger partial charge on any atom is -0.487 e. The van der Waals surface area contributed by atoms with Crippen molar-refractivity contribution in [1.29, 1.82) is 0 Å². The van der Waals surface area contributed by atoms with Gasteiger partial charge in [0.2, 0.25) is 5.91 Å². The molecular weight excluding hydrogens is 494 g/mol. The molecule has 1 unspecified atom stereocenters. The highest BCUT2D eigenvalue weighted by Gasteiger charge is 2.22. The van der Waals surface area contributed by atoms with E-state index in [-0.39, 0.29) is 31.5 Å². The fourth-order valence-electron chi connectivity index (χ4n) is 4.13. The van der Waals surface area contributed by atoms with Crippen LogP contribution in [0, 0.1) is 12.8 Å². The molecule has 2 N–H and O–H groups in total. The summed E-state index contributed by atoms with van der Waals surface area (Å²) < 4.78 is 8.18. The van der Waals surface area contributed by atoms with E-state index in [0.29, 0.717) is 27.4 Å². The van der Waals surface area contributed by atoms with E-state index >= 15 is 0 Å². The molecule has 0 saturated heterocycles. The van der Waals surface area contributed by atoms with Gasteiger partial charge in [-0.25, -0.2) is 9.97 Å². The highest BCUT2D eigenvalue weighted by atomic mass is 35.5. The number of pyridine rings is 2. The van der Waals surface area contributed by atoms with Crippen LogP contribution in [-0.4, -0.2) is 59.8 Å². The first-order chi connectivity index (χ1) is 17.8. The number of para-hydroxylation sites is 1. The maximum Gasteiger partial charge on any atom is 0.225 e. The second kappa shape index (κ2) is 11.7. The topological polar surface area (TPSA) is 114 Å². The lowest BCUT2D eigenvalue weighted by Crippen LogP contribution is -2.40. The van der Waals surface area contributed by atoms with Crippen molar-refractivity contribution in [3.05, 3.63) is 77.2 Å². The Hall–Kier alpha value is -3.53. The zero-order chi connectivity index (χ0) is 26.5. The van der Waals surface area contributed by atoms with E-state index in [1.54, 1.807) is 32.6 Å². The Kier molecular flexibility index (Phi) is 8.38. The first-order valence-corrected chi connectivity index (χ1v) is 12.4. The maximum atomic E-state index is 12.8. The number of rotatable bonds is 10. The molecule has 4 rings (SSSR count). The van der Waals surface area contributed by atoms with Crippen LogP contribution in [0.25, 0.3) is 16.6 Å². The lowest BCUT2D eigenvalue weighted by atomic mass is 10.1. The average Bonchev–Trinajstić information content (AvgIpc) is 3.42. The van der Waals surface area contributed by atoms with Crippen LogP contribution in [0.3, 0.4) is 0 Å². The summed E-state index contributed by atoms with van der Waals surface area (Å²) in [6.45, 7) is 5.33. The number of aliphatic hydroxyl groups is 2. The van der Waals surface area contributed by atoms with Crippen molar-refractivity contribution in [2.75, 3.05) is 13.2 Å². The van der Waals surface area contributed by atoms with Gasteiger partial charge in [0.1, 0.15) is 17.9 Å². The van der Waals surface area contributed by atoms with Gasteiger partial charge < -0.3 is 24.4 Å². The molecule has 37 heavy (non-hydrogen) atoms. The fraction of sp³-hybridized carbons (Fsp3) is 0.333. The number of nitrogens with zero attached hydrogens (tertiary/aromatic N) is 5. The van der Waals surface area contributed by atoms with E-state index in [2.05, 4.69) is 9.97 Å². The summed E-state index contributed by atoms with van der Waals surface area (Å²) in [5.74, 6) is 0.153. The number of carbonyl (C=O) groups excluding carboxylic acids is 1. The van der Waals surface area contributed by atoms with Gasteiger partial charge in [-0.2, -0.15) is 0 Å². The molecule has 0 saturated carbocycles. The monoisotopic (exact) mass is 523 g/mol. The van der Waals surface area contributed by atoms with Crippen LogP contribution in [0.1, 0.15) is 30.7 Å². The quantitative estimate of drug-likeness (QED) is 0.326. The Morgan fingerprint density at radius 1 is 1.24 bits per heavy atom. The number of aryl methyl sites for hydroxylation is 1. The smallest absolute Gasteiger partial charge is 0.225 e. The second-order valence-corrected chi connectivity index (χ2v) is 9.57. The summed E-state index contributed by atoms with van der Waals surface area (Å²) in [5, 5.41) is 20.6. The minimum atomic E-state index is -1.05.